The summed E-state index contributed by atoms with van der Waals surface area (Å²) < 4.78 is 21.5. The molecule has 2 aliphatic rings. The van der Waals surface area contributed by atoms with E-state index in [0.29, 0.717) is 13.2 Å². The van der Waals surface area contributed by atoms with Crippen LogP contribution in [-0.4, -0.2) is 38.0 Å². The Morgan fingerprint density at radius 2 is 1.25 bits per heavy atom. The molecule has 0 N–H and O–H groups in total. The predicted molar refractivity (Wildman–Crippen MR) is 40.6 cm³/mol. The third-order valence-electron chi connectivity index (χ3n) is 2.14. The molecule has 4 atom stereocenters. The molecule has 2 fully saturated rings. The lowest BCUT2D eigenvalue weighted by molar-refractivity contribution is -0.328. The van der Waals surface area contributed by atoms with Crippen LogP contribution >= 0.6 is 0 Å². The van der Waals surface area contributed by atoms with E-state index in [-0.39, 0.29) is 24.8 Å². The minimum Gasteiger partial charge on any atom is -0.350 e. The van der Waals surface area contributed by atoms with Gasteiger partial charge in [-0.25, -0.2) is 0 Å². The molecule has 0 unspecified atom stereocenters. The van der Waals surface area contributed by atoms with Crippen LogP contribution in [0.3, 0.4) is 0 Å². The van der Waals surface area contributed by atoms with E-state index in [2.05, 4.69) is 0 Å². The smallest absolute Gasteiger partial charge is 0.155 e. The lowest BCUT2D eigenvalue weighted by atomic mass is 10.2. The van der Waals surface area contributed by atoms with E-state index in [9.17, 15) is 0 Å². The summed E-state index contributed by atoms with van der Waals surface area (Å²) >= 11 is 0. The van der Waals surface area contributed by atoms with E-state index in [1.54, 1.807) is 0 Å². The molecule has 70 valence electrons. The fraction of sp³-hybridized carbons (Fsp3) is 1.00. The van der Waals surface area contributed by atoms with Crippen molar-refractivity contribution in [3.8, 4) is 0 Å². The summed E-state index contributed by atoms with van der Waals surface area (Å²) in [7, 11) is 0. The van der Waals surface area contributed by atoms with Gasteiger partial charge in [-0.05, 0) is 13.8 Å². The first-order chi connectivity index (χ1) is 5.75. The molecule has 0 aromatic carbocycles. The van der Waals surface area contributed by atoms with Crippen molar-refractivity contribution in [3.63, 3.8) is 0 Å². The molecule has 0 aromatic heterocycles. The molecule has 12 heavy (non-hydrogen) atoms. The van der Waals surface area contributed by atoms with Crippen molar-refractivity contribution < 1.29 is 18.9 Å². The van der Waals surface area contributed by atoms with Crippen molar-refractivity contribution in [2.75, 3.05) is 13.2 Å². The highest BCUT2D eigenvalue weighted by Crippen LogP contribution is 2.21. The summed E-state index contributed by atoms with van der Waals surface area (Å²) in [4.78, 5) is 0. The van der Waals surface area contributed by atoms with E-state index < -0.39 is 0 Å². The van der Waals surface area contributed by atoms with Crippen LogP contribution in [0.4, 0.5) is 0 Å². The number of ether oxygens (including phenoxy) is 4. The zero-order valence-corrected chi connectivity index (χ0v) is 7.36. The first-order valence-electron chi connectivity index (χ1n) is 4.30. The molecule has 0 spiro atoms. The van der Waals surface area contributed by atoms with Crippen LogP contribution in [0.25, 0.3) is 0 Å². The van der Waals surface area contributed by atoms with Crippen molar-refractivity contribution in [3.05, 3.63) is 0 Å². The number of rotatable bonds is 0. The van der Waals surface area contributed by atoms with Crippen LogP contribution in [0, 0.1) is 0 Å². The average molecular weight is 174 g/mol. The molecule has 0 radical (unpaired) electrons. The Bertz CT molecular complexity index is 143. The second kappa shape index (κ2) is 3.30. The molecular formula is C8H14O4. The summed E-state index contributed by atoms with van der Waals surface area (Å²) in [6, 6.07) is 0. The van der Waals surface area contributed by atoms with Gasteiger partial charge >= 0.3 is 0 Å². The van der Waals surface area contributed by atoms with E-state index >= 15 is 0 Å². The normalized spacial score (nSPS) is 48.5. The van der Waals surface area contributed by atoms with Gasteiger partial charge in [0.2, 0.25) is 0 Å². The molecular weight excluding hydrogens is 160 g/mol. The van der Waals surface area contributed by atoms with Gasteiger partial charge in [0.1, 0.15) is 12.2 Å². The van der Waals surface area contributed by atoms with E-state index in [1.807, 2.05) is 13.8 Å². The highest BCUT2D eigenvalue weighted by atomic mass is 16.8. The summed E-state index contributed by atoms with van der Waals surface area (Å²) in [5.41, 5.74) is 0. The Morgan fingerprint density at radius 3 is 1.67 bits per heavy atom. The van der Waals surface area contributed by atoms with Crippen LogP contribution in [-0.2, 0) is 18.9 Å². The number of fused-ring (bicyclic) bond motifs is 1. The van der Waals surface area contributed by atoms with Gasteiger partial charge in [-0.15, -0.1) is 0 Å². The molecule has 2 heterocycles. The van der Waals surface area contributed by atoms with Crippen molar-refractivity contribution in [2.45, 2.75) is 38.6 Å². The van der Waals surface area contributed by atoms with Crippen LogP contribution in [0.1, 0.15) is 13.8 Å². The number of hydrogen-bond donors (Lipinski definition) is 0. The van der Waals surface area contributed by atoms with Crippen molar-refractivity contribution in [2.24, 2.45) is 0 Å². The summed E-state index contributed by atoms with van der Waals surface area (Å²) in [5, 5.41) is 0. The van der Waals surface area contributed by atoms with Crippen LogP contribution in [0.5, 0.6) is 0 Å². The maximum Gasteiger partial charge on any atom is 0.155 e. The SMILES string of the molecule is C[C@H]1OC[C@H]2O[C@@H](C)OC[C@H]2O1. The zero-order valence-electron chi connectivity index (χ0n) is 7.36. The van der Waals surface area contributed by atoms with E-state index in [1.165, 1.54) is 0 Å². The predicted octanol–water partition coefficient (Wildman–Crippen LogP) is 0.509. The maximum absolute atomic E-state index is 5.47. The molecule has 2 rings (SSSR count). The Labute approximate surface area is 71.7 Å². The van der Waals surface area contributed by atoms with Gasteiger partial charge in [-0.2, -0.15) is 0 Å². The Hall–Kier alpha value is -0.160. The first-order valence-corrected chi connectivity index (χ1v) is 4.30. The monoisotopic (exact) mass is 174 g/mol. The topological polar surface area (TPSA) is 36.9 Å². The van der Waals surface area contributed by atoms with Gasteiger partial charge in [-0.3, -0.25) is 0 Å². The van der Waals surface area contributed by atoms with Crippen LogP contribution in [0.2, 0.25) is 0 Å². The van der Waals surface area contributed by atoms with Gasteiger partial charge < -0.3 is 18.9 Å². The quantitative estimate of drug-likeness (QED) is 0.536. The highest BCUT2D eigenvalue weighted by Gasteiger charge is 2.35. The summed E-state index contributed by atoms with van der Waals surface area (Å²) in [6.45, 7) is 4.99. The average Bonchev–Trinajstić information content (AvgIpc) is 2.05. The highest BCUT2D eigenvalue weighted by molar-refractivity contribution is 4.77. The third-order valence-corrected chi connectivity index (χ3v) is 2.14. The fourth-order valence-electron chi connectivity index (χ4n) is 1.50. The second-order valence-corrected chi connectivity index (χ2v) is 3.15. The molecule has 0 saturated carbocycles. The first kappa shape index (κ1) is 8.44. The second-order valence-electron chi connectivity index (χ2n) is 3.15. The molecule has 2 aliphatic heterocycles. The fourth-order valence-corrected chi connectivity index (χ4v) is 1.50. The van der Waals surface area contributed by atoms with Gasteiger partial charge in [0.15, 0.2) is 12.6 Å². The summed E-state index contributed by atoms with van der Waals surface area (Å²) in [6.07, 6.45) is -0.173. The van der Waals surface area contributed by atoms with Crippen molar-refractivity contribution in [1.29, 1.82) is 0 Å². The Balaban J connectivity index is 1.94. The van der Waals surface area contributed by atoms with Gasteiger partial charge in [0.25, 0.3) is 0 Å². The largest absolute Gasteiger partial charge is 0.350 e. The minimum absolute atomic E-state index is 0.0462. The Morgan fingerprint density at radius 1 is 0.833 bits per heavy atom. The molecule has 0 bridgehead atoms. The standard InChI is InChI=1S/C8H14O4/c1-5-9-3-8-7(11-5)4-10-6(2)12-8/h5-8H,3-4H2,1-2H3/t5-,6-,7+,8+/m0/s1. The van der Waals surface area contributed by atoms with Crippen LogP contribution < -0.4 is 0 Å². The van der Waals surface area contributed by atoms with Gasteiger partial charge in [-0.1, -0.05) is 0 Å². The maximum atomic E-state index is 5.47. The molecule has 2 saturated heterocycles. The van der Waals surface area contributed by atoms with Crippen LogP contribution in [0.15, 0.2) is 0 Å². The van der Waals surface area contributed by atoms with E-state index in [4.69, 9.17) is 18.9 Å². The number of hydrogen-bond acceptors (Lipinski definition) is 4. The lowest BCUT2D eigenvalue weighted by Crippen LogP contribution is -2.51. The third kappa shape index (κ3) is 1.61. The van der Waals surface area contributed by atoms with Crippen molar-refractivity contribution in [1.82, 2.24) is 0 Å². The molecule has 4 nitrogen and oxygen atoms in total. The molecule has 0 amide bonds. The zero-order chi connectivity index (χ0) is 8.55. The van der Waals surface area contributed by atoms with E-state index in [0.717, 1.165) is 0 Å². The molecule has 4 heteroatoms. The van der Waals surface area contributed by atoms with Crippen molar-refractivity contribution >= 4 is 0 Å². The lowest BCUT2D eigenvalue weighted by Gasteiger charge is -2.40. The Kier molecular flexibility index (Phi) is 2.32. The molecule has 0 aromatic rings. The summed E-state index contributed by atoms with van der Waals surface area (Å²) in [5.74, 6) is 0. The van der Waals surface area contributed by atoms with Gasteiger partial charge in [0.05, 0.1) is 13.2 Å². The molecule has 0 aliphatic carbocycles. The van der Waals surface area contributed by atoms with Gasteiger partial charge in [0, 0.05) is 0 Å². The minimum atomic E-state index is -0.133.